The van der Waals surface area contributed by atoms with E-state index < -0.39 is 0 Å². The van der Waals surface area contributed by atoms with Gasteiger partial charge in [0.15, 0.2) is 5.76 Å². The Hall–Kier alpha value is -4.46. The molecule has 2 aromatic carbocycles. The van der Waals surface area contributed by atoms with Gasteiger partial charge in [-0.05, 0) is 84.5 Å². The van der Waals surface area contributed by atoms with E-state index >= 15 is 0 Å². The maximum Gasteiger partial charge on any atom is 0.287 e. The van der Waals surface area contributed by atoms with E-state index in [0.717, 1.165) is 41.6 Å². The number of nitrogens with zero attached hydrogens (tertiary/aromatic N) is 2. The summed E-state index contributed by atoms with van der Waals surface area (Å²) >= 11 is 0. The molecule has 2 aliphatic rings. The number of rotatable bonds is 9. The van der Waals surface area contributed by atoms with Gasteiger partial charge in [-0.3, -0.25) is 14.6 Å². The summed E-state index contributed by atoms with van der Waals surface area (Å²) in [5.41, 5.74) is 3.71. The molecule has 1 aliphatic heterocycles. The van der Waals surface area contributed by atoms with E-state index in [2.05, 4.69) is 10.3 Å². The molecule has 204 valence electrons. The van der Waals surface area contributed by atoms with E-state index in [1.54, 1.807) is 24.4 Å². The highest BCUT2D eigenvalue weighted by Crippen LogP contribution is 2.41. The maximum absolute atomic E-state index is 14.2. The van der Waals surface area contributed by atoms with Crippen LogP contribution in [0.1, 0.15) is 57.6 Å². The van der Waals surface area contributed by atoms with Crippen LogP contribution in [0.15, 0.2) is 83.4 Å². The summed E-state index contributed by atoms with van der Waals surface area (Å²) < 4.78 is 26.0. The highest BCUT2D eigenvalue weighted by molar-refractivity contribution is 5.91. The Morgan fingerprint density at radius 1 is 1.05 bits per heavy atom. The van der Waals surface area contributed by atoms with Crippen LogP contribution in [0.2, 0.25) is 0 Å². The SMILES string of the molecule is O=C(NCCc1ccccn1)c1ccc(COc2ccc3c(c2)[C@H](c2cccc(F)c2)N(C(=O)C2CC2)CC3)o1. The molecule has 7 nitrogen and oxygen atoms in total. The van der Waals surface area contributed by atoms with E-state index in [1.165, 1.54) is 12.1 Å². The second kappa shape index (κ2) is 11.3. The zero-order valence-corrected chi connectivity index (χ0v) is 22.0. The second-order valence-corrected chi connectivity index (χ2v) is 10.3. The van der Waals surface area contributed by atoms with Gasteiger partial charge in [-0.15, -0.1) is 0 Å². The number of carbonyl (C=O) groups excluding carboxylic acids is 2. The van der Waals surface area contributed by atoms with Crippen LogP contribution in [0.5, 0.6) is 5.75 Å². The van der Waals surface area contributed by atoms with Gasteiger partial charge in [-0.2, -0.15) is 0 Å². The third-order valence-corrected chi connectivity index (χ3v) is 7.38. The minimum Gasteiger partial charge on any atom is -0.486 e. The highest BCUT2D eigenvalue weighted by Gasteiger charge is 2.39. The van der Waals surface area contributed by atoms with Crippen LogP contribution in [0.3, 0.4) is 0 Å². The number of furan rings is 1. The molecule has 40 heavy (non-hydrogen) atoms. The molecule has 1 saturated carbocycles. The lowest BCUT2D eigenvalue weighted by atomic mass is 9.87. The van der Waals surface area contributed by atoms with Gasteiger partial charge in [0.25, 0.3) is 5.91 Å². The molecule has 2 aromatic heterocycles. The Labute approximate surface area is 232 Å². The molecule has 1 N–H and O–H groups in total. The number of hydrogen-bond acceptors (Lipinski definition) is 5. The summed E-state index contributed by atoms with van der Waals surface area (Å²) in [6.07, 6.45) is 4.91. The van der Waals surface area contributed by atoms with Crippen LogP contribution in [0, 0.1) is 11.7 Å². The fraction of sp³-hybridized carbons (Fsp3) is 0.281. The first-order chi connectivity index (χ1) is 19.5. The summed E-state index contributed by atoms with van der Waals surface area (Å²) in [6.45, 7) is 1.18. The smallest absolute Gasteiger partial charge is 0.287 e. The van der Waals surface area contributed by atoms with E-state index in [0.29, 0.717) is 31.0 Å². The minimum atomic E-state index is -0.374. The molecule has 1 fully saturated rings. The third-order valence-electron chi connectivity index (χ3n) is 7.38. The van der Waals surface area contributed by atoms with Gasteiger partial charge in [0, 0.05) is 37.3 Å². The normalized spacial score (nSPS) is 16.3. The lowest BCUT2D eigenvalue weighted by Crippen LogP contribution is -2.41. The first-order valence-electron chi connectivity index (χ1n) is 13.6. The number of fused-ring (bicyclic) bond motifs is 1. The fourth-order valence-corrected chi connectivity index (χ4v) is 5.19. The van der Waals surface area contributed by atoms with Crippen molar-refractivity contribution in [3.8, 4) is 5.75 Å². The molecule has 0 unspecified atom stereocenters. The van der Waals surface area contributed by atoms with E-state index in [4.69, 9.17) is 9.15 Å². The van der Waals surface area contributed by atoms with E-state index in [-0.39, 0.29) is 42.0 Å². The molecule has 8 heteroatoms. The molecule has 1 aliphatic carbocycles. The van der Waals surface area contributed by atoms with Crippen LogP contribution in [0.25, 0.3) is 0 Å². The number of amides is 2. The predicted octanol–water partition coefficient (Wildman–Crippen LogP) is 5.25. The monoisotopic (exact) mass is 539 g/mol. The molecule has 0 saturated heterocycles. The quantitative estimate of drug-likeness (QED) is 0.314. The Morgan fingerprint density at radius 2 is 1.95 bits per heavy atom. The summed E-state index contributed by atoms with van der Waals surface area (Å²) in [7, 11) is 0. The Balaban J connectivity index is 1.14. The van der Waals surface area contributed by atoms with Crippen molar-refractivity contribution in [2.45, 2.75) is 38.3 Å². The molecule has 4 aromatic rings. The summed E-state index contributed by atoms with van der Waals surface area (Å²) in [5, 5.41) is 2.85. The van der Waals surface area contributed by atoms with Crippen molar-refractivity contribution in [3.05, 3.63) is 119 Å². The number of aromatic nitrogens is 1. The Morgan fingerprint density at radius 3 is 2.75 bits per heavy atom. The minimum absolute atomic E-state index is 0.0670. The summed E-state index contributed by atoms with van der Waals surface area (Å²) in [6, 6.07) is 21.0. The largest absolute Gasteiger partial charge is 0.486 e. The van der Waals surface area contributed by atoms with Crippen molar-refractivity contribution < 1.29 is 23.1 Å². The zero-order chi connectivity index (χ0) is 27.5. The number of pyridine rings is 1. The molecule has 1 atom stereocenters. The van der Waals surface area contributed by atoms with Gasteiger partial charge in [0.05, 0.1) is 6.04 Å². The first-order valence-corrected chi connectivity index (χ1v) is 13.6. The second-order valence-electron chi connectivity index (χ2n) is 10.3. The van der Waals surface area contributed by atoms with Crippen LogP contribution in [0.4, 0.5) is 4.39 Å². The lowest BCUT2D eigenvalue weighted by molar-refractivity contribution is -0.134. The number of nitrogens with one attached hydrogen (secondary N) is 1. The van der Waals surface area contributed by atoms with Crippen molar-refractivity contribution in [1.29, 1.82) is 0 Å². The van der Waals surface area contributed by atoms with Crippen LogP contribution in [-0.4, -0.2) is 34.8 Å². The van der Waals surface area contributed by atoms with Gasteiger partial charge in [0.2, 0.25) is 5.91 Å². The average Bonchev–Trinajstić information content (AvgIpc) is 3.72. The molecule has 0 radical (unpaired) electrons. The Bertz CT molecular complexity index is 1520. The zero-order valence-electron chi connectivity index (χ0n) is 22.0. The van der Waals surface area contributed by atoms with Gasteiger partial charge in [0.1, 0.15) is 23.9 Å². The average molecular weight is 540 g/mol. The molecule has 0 bridgehead atoms. The number of carbonyl (C=O) groups is 2. The number of halogens is 1. The van der Waals surface area contributed by atoms with Gasteiger partial charge in [-0.25, -0.2) is 4.39 Å². The van der Waals surface area contributed by atoms with E-state index in [1.807, 2.05) is 47.4 Å². The van der Waals surface area contributed by atoms with Gasteiger partial charge in [-0.1, -0.05) is 24.3 Å². The topological polar surface area (TPSA) is 84.7 Å². The highest BCUT2D eigenvalue weighted by atomic mass is 19.1. The standard InChI is InChI=1S/C32H30FN3O4/c33-24-5-3-4-23(18-24)30-28-19-26(10-9-21(28)14-17-36(30)32(38)22-7-8-22)39-20-27-11-12-29(40-27)31(37)35-16-13-25-6-1-2-15-34-25/h1-6,9-12,15,18-19,22,30H,7-8,13-14,16-17,20H2,(H,35,37)/t30-/m0/s1. The maximum atomic E-state index is 14.2. The molecule has 2 amide bonds. The molecule has 0 spiro atoms. The number of hydrogen-bond donors (Lipinski definition) is 1. The number of benzene rings is 2. The van der Waals surface area contributed by atoms with Crippen molar-refractivity contribution in [1.82, 2.24) is 15.2 Å². The van der Waals surface area contributed by atoms with Gasteiger partial charge >= 0.3 is 0 Å². The first kappa shape index (κ1) is 25.8. The van der Waals surface area contributed by atoms with Crippen LogP contribution in [-0.2, 0) is 24.2 Å². The lowest BCUT2D eigenvalue weighted by Gasteiger charge is -2.38. The third kappa shape index (κ3) is 5.76. The van der Waals surface area contributed by atoms with Crippen molar-refractivity contribution in [3.63, 3.8) is 0 Å². The van der Waals surface area contributed by atoms with E-state index in [9.17, 15) is 14.0 Å². The molecular formula is C32H30FN3O4. The fourth-order valence-electron chi connectivity index (χ4n) is 5.19. The van der Waals surface area contributed by atoms with Crippen molar-refractivity contribution in [2.75, 3.05) is 13.1 Å². The summed E-state index contributed by atoms with van der Waals surface area (Å²) in [4.78, 5) is 31.8. The molecule has 3 heterocycles. The van der Waals surface area contributed by atoms with Crippen LogP contribution < -0.4 is 10.1 Å². The predicted molar refractivity (Wildman–Crippen MR) is 146 cm³/mol. The van der Waals surface area contributed by atoms with Crippen LogP contribution >= 0.6 is 0 Å². The summed E-state index contributed by atoms with van der Waals surface area (Å²) in [5.74, 6) is 0.911. The number of ether oxygens (including phenoxy) is 1. The molecule has 6 rings (SSSR count). The van der Waals surface area contributed by atoms with Crippen molar-refractivity contribution in [2.24, 2.45) is 5.92 Å². The Kier molecular flexibility index (Phi) is 7.31. The van der Waals surface area contributed by atoms with Crippen molar-refractivity contribution >= 4 is 11.8 Å². The van der Waals surface area contributed by atoms with Gasteiger partial charge < -0.3 is 19.4 Å². The molecular weight excluding hydrogens is 509 g/mol.